The standard InChI is InChI=1S/C34H45NO8.C29H35NO8/c1-25(2)33(37)41-22-12-10-8-7-9-11-21-40-29-17-15-28(16-18-29)34(38)43-30-19-13-27(23-31(30)39-6)14-20-32(36)42-24-26(3)35(4)5;1-21(2)28(32)37-18-7-6-17-35-24-12-10-23(11-13-24)29(33)38-25-14-8-22(20-26(25)34-5)9-15-27(31)36-19-16-30(3)4/h13-20,23,26H,1,7-12,21-22,24H2,2-6H3;8-15,20H,1,6-7,16-19H2,2-5H3/b20-14+;15-9+. The summed E-state index contributed by atoms with van der Waals surface area (Å²) in [6, 6.07) is 23.5. The zero-order valence-electron chi connectivity index (χ0n) is 48.4. The second-order valence-electron chi connectivity index (χ2n) is 19.1. The molecule has 4 rings (SSSR count). The van der Waals surface area contributed by atoms with Crippen LogP contribution >= 0.6 is 0 Å². The molecule has 0 aliphatic rings. The molecule has 81 heavy (non-hydrogen) atoms. The highest BCUT2D eigenvalue weighted by Crippen LogP contribution is 2.31. The van der Waals surface area contributed by atoms with E-state index in [1.54, 1.807) is 111 Å². The highest BCUT2D eigenvalue weighted by Gasteiger charge is 2.16. The van der Waals surface area contributed by atoms with Gasteiger partial charge in [0.05, 0.1) is 51.8 Å². The lowest BCUT2D eigenvalue weighted by Gasteiger charge is -2.18. The highest BCUT2D eigenvalue weighted by molar-refractivity contribution is 5.93. The van der Waals surface area contributed by atoms with Crippen molar-refractivity contribution in [2.45, 2.75) is 78.2 Å². The van der Waals surface area contributed by atoms with Crippen LogP contribution in [0.1, 0.15) is 104 Å². The fourth-order valence-electron chi connectivity index (χ4n) is 6.61. The number of benzene rings is 4. The molecule has 1 unspecified atom stereocenters. The Morgan fingerprint density at radius 3 is 1.30 bits per heavy atom. The third-order valence-corrected chi connectivity index (χ3v) is 11.7. The Morgan fingerprint density at radius 2 is 0.889 bits per heavy atom. The Labute approximate surface area is 477 Å². The van der Waals surface area contributed by atoms with Gasteiger partial charge in [0, 0.05) is 35.9 Å². The maximum atomic E-state index is 12.7. The summed E-state index contributed by atoms with van der Waals surface area (Å²) in [5.41, 5.74) is 2.89. The van der Waals surface area contributed by atoms with Crippen LogP contribution in [0.15, 0.2) is 121 Å². The van der Waals surface area contributed by atoms with Crippen LogP contribution in [0.3, 0.4) is 0 Å². The molecule has 4 aromatic carbocycles. The Hall–Kier alpha value is -8.22. The Morgan fingerprint density at radius 1 is 0.494 bits per heavy atom. The molecule has 0 aliphatic carbocycles. The fraction of sp³-hybridized carbons (Fsp3) is 0.397. The maximum absolute atomic E-state index is 12.7. The lowest BCUT2D eigenvalue weighted by Crippen LogP contribution is -2.30. The molecule has 0 aliphatic heterocycles. The van der Waals surface area contributed by atoms with Gasteiger partial charge in [0.2, 0.25) is 0 Å². The summed E-state index contributed by atoms with van der Waals surface area (Å²) >= 11 is 0. The number of carbonyl (C=O) groups excluding carboxylic acids is 6. The molecule has 0 amide bonds. The van der Waals surface area contributed by atoms with Gasteiger partial charge in [0.1, 0.15) is 24.7 Å². The van der Waals surface area contributed by atoms with Crippen molar-refractivity contribution in [3.8, 4) is 34.5 Å². The van der Waals surface area contributed by atoms with Crippen molar-refractivity contribution in [3.63, 3.8) is 0 Å². The molecule has 0 saturated carbocycles. The summed E-state index contributed by atoms with van der Waals surface area (Å²) in [5.74, 6) is -0.197. The molecular formula is C63H80N2O16. The summed E-state index contributed by atoms with van der Waals surface area (Å²) in [4.78, 5) is 75.7. The van der Waals surface area contributed by atoms with E-state index in [-0.39, 0.29) is 23.5 Å². The largest absolute Gasteiger partial charge is 0.494 e. The number of likely N-dealkylation sites (N-methyl/N-ethyl adjacent to an activating group) is 2. The molecule has 0 spiro atoms. The van der Waals surface area contributed by atoms with E-state index < -0.39 is 29.8 Å². The molecule has 438 valence electrons. The van der Waals surface area contributed by atoms with Gasteiger partial charge in [-0.05, 0) is 171 Å². The molecular weight excluding hydrogens is 1040 g/mol. The van der Waals surface area contributed by atoms with Crippen LogP contribution in [0.2, 0.25) is 0 Å². The normalized spacial score (nSPS) is 11.2. The molecule has 0 aromatic heterocycles. The molecule has 0 saturated heterocycles. The van der Waals surface area contributed by atoms with Crippen molar-refractivity contribution < 1.29 is 76.1 Å². The van der Waals surface area contributed by atoms with Gasteiger partial charge in [-0.25, -0.2) is 28.8 Å². The molecule has 4 aromatic rings. The van der Waals surface area contributed by atoms with E-state index in [4.69, 9.17) is 47.4 Å². The highest BCUT2D eigenvalue weighted by atomic mass is 16.6. The van der Waals surface area contributed by atoms with Crippen LogP contribution in [0.4, 0.5) is 0 Å². The molecule has 0 radical (unpaired) electrons. The number of unbranched alkanes of at least 4 members (excludes halogenated alkanes) is 6. The van der Waals surface area contributed by atoms with E-state index in [0.29, 0.717) is 115 Å². The second kappa shape index (κ2) is 37.6. The van der Waals surface area contributed by atoms with Crippen LogP contribution in [-0.2, 0) is 38.1 Å². The molecule has 18 nitrogen and oxygen atoms in total. The number of methoxy groups -OCH3 is 2. The van der Waals surface area contributed by atoms with Crippen LogP contribution in [-0.4, -0.2) is 140 Å². The second-order valence-corrected chi connectivity index (χ2v) is 19.1. The van der Waals surface area contributed by atoms with E-state index in [0.717, 1.165) is 38.5 Å². The van der Waals surface area contributed by atoms with Crippen molar-refractivity contribution >= 4 is 48.0 Å². The molecule has 18 heteroatoms. The summed E-state index contributed by atoms with van der Waals surface area (Å²) in [6.45, 7) is 15.3. The van der Waals surface area contributed by atoms with Gasteiger partial charge in [0.25, 0.3) is 0 Å². The number of nitrogens with zero attached hydrogens (tertiary/aromatic N) is 2. The number of rotatable bonds is 34. The lowest BCUT2D eigenvalue weighted by atomic mass is 10.1. The molecule has 0 heterocycles. The maximum Gasteiger partial charge on any atom is 0.343 e. The number of esters is 6. The number of ether oxygens (including phenoxy) is 10. The lowest BCUT2D eigenvalue weighted by molar-refractivity contribution is -0.139. The minimum absolute atomic E-state index is 0.112. The SMILES string of the molecule is C=C(C)C(=O)OCCCCCCCCOc1ccc(C(=O)Oc2ccc(/C=C/C(=O)OCC(C)N(C)C)cc2OC)cc1.C=C(C)C(=O)OCCCCOc1ccc(C(=O)Oc2ccc(/C=C/C(=O)OCCN(C)C)cc2OC)cc1. The minimum atomic E-state index is -0.554. The first-order chi connectivity index (χ1) is 38.8. The van der Waals surface area contributed by atoms with Crippen molar-refractivity contribution in [3.05, 3.63) is 144 Å². The zero-order chi connectivity index (χ0) is 59.5. The van der Waals surface area contributed by atoms with Crippen molar-refractivity contribution in [2.75, 3.05) is 88.6 Å². The number of hydrogen-bond acceptors (Lipinski definition) is 18. The van der Waals surface area contributed by atoms with Gasteiger partial charge in [-0.1, -0.05) is 51.0 Å². The predicted octanol–water partition coefficient (Wildman–Crippen LogP) is 10.6. The van der Waals surface area contributed by atoms with E-state index in [1.807, 2.05) is 44.9 Å². The van der Waals surface area contributed by atoms with Crippen LogP contribution < -0.4 is 28.4 Å². The predicted molar refractivity (Wildman–Crippen MR) is 310 cm³/mol. The van der Waals surface area contributed by atoms with Crippen molar-refractivity contribution in [2.24, 2.45) is 0 Å². The van der Waals surface area contributed by atoms with Gasteiger partial charge < -0.3 is 57.2 Å². The first-order valence-electron chi connectivity index (χ1n) is 26.7. The van der Waals surface area contributed by atoms with Gasteiger partial charge >= 0.3 is 35.8 Å². The van der Waals surface area contributed by atoms with Gasteiger partial charge in [0.15, 0.2) is 23.0 Å². The average Bonchev–Trinajstić information content (AvgIpc) is 3.47. The quantitative estimate of drug-likeness (QED) is 0.0140. The number of carbonyl (C=O) groups is 6. The van der Waals surface area contributed by atoms with Crippen molar-refractivity contribution in [1.29, 1.82) is 0 Å². The zero-order valence-corrected chi connectivity index (χ0v) is 48.4. The summed E-state index contributed by atoms with van der Waals surface area (Å²) < 4.78 is 53.8. The topological polar surface area (TPSA) is 201 Å². The van der Waals surface area contributed by atoms with Crippen LogP contribution in [0.25, 0.3) is 12.2 Å². The Kier molecular flexibility index (Phi) is 31.1. The van der Waals surface area contributed by atoms with Crippen LogP contribution in [0.5, 0.6) is 34.5 Å². The monoisotopic (exact) mass is 1120 g/mol. The minimum Gasteiger partial charge on any atom is -0.494 e. The first-order valence-corrected chi connectivity index (χ1v) is 26.7. The fourth-order valence-corrected chi connectivity index (χ4v) is 6.61. The number of hydrogen-bond donors (Lipinski definition) is 0. The Balaban J connectivity index is 0.000000428. The van der Waals surface area contributed by atoms with E-state index in [1.165, 1.54) is 26.4 Å². The first kappa shape index (κ1) is 67.1. The van der Waals surface area contributed by atoms with Crippen LogP contribution in [0, 0.1) is 0 Å². The van der Waals surface area contributed by atoms with Crippen molar-refractivity contribution in [1.82, 2.24) is 9.80 Å². The molecule has 0 fully saturated rings. The summed E-state index contributed by atoms with van der Waals surface area (Å²) in [6.07, 6.45) is 13.3. The van der Waals surface area contributed by atoms with E-state index in [2.05, 4.69) is 13.2 Å². The molecule has 1 atom stereocenters. The summed E-state index contributed by atoms with van der Waals surface area (Å²) in [7, 11) is 10.6. The molecule has 0 bridgehead atoms. The van der Waals surface area contributed by atoms with Gasteiger partial charge in [-0.2, -0.15) is 0 Å². The third-order valence-electron chi connectivity index (χ3n) is 11.7. The third kappa shape index (κ3) is 27.5. The molecule has 0 N–H and O–H groups in total. The average molecular weight is 1120 g/mol. The van der Waals surface area contributed by atoms with E-state index >= 15 is 0 Å². The smallest absolute Gasteiger partial charge is 0.343 e. The van der Waals surface area contributed by atoms with E-state index in [9.17, 15) is 28.8 Å². The summed E-state index contributed by atoms with van der Waals surface area (Å²) in [5, 5.41) is 0. The van der Waals surface area contributed by atoms with Gasteiger partial charge in [-0.15, -0.1) is 0 Å². The Bertz CT molecular complexity index is 2710. The van der Waals surface area contributed by atoms with Gasteiger partial charge in [-0.3, -0.25) is 0 Å².